The molecule has 1 aromatic rings. The molecule has 0 aliphatic carbocycles. The van der Waals surface area contributed by atoms with Gasteiger partial charge in [-0.1, -0.05) is 41.5 Å². The van der Waals surface area contributed by atoms with Gasteiger partial charge in [0.2, 0.25) is 0 Å². The minimum Gasteiger partial charge on any atom is -0.356 e. The van der Waals surface area contributed by atoms with Crippen molar-refractivity contribution < 1.29 is 0 Å². The van der Waals surface area contributed by atoms with Crippen molar-refractivity contribution in [2.75, 3.05) is 18.0 Å². The number of pyridine rings is 1. The lowest BCUT2D eigenvalue weighted by molar-refractivity contribution is 0.263. The van der Waals surface area contributed by atoms with E-state index in [1.807, 2.05) is 0 Å². The van der Waals surface area contributed by atoms with Crippen molar-refractivity contribution in [1.29, 1.82) is 0 Å². The van der Waals surface area contributed by atoms with E-state index in [4.69, 9.17) is 10.7 Å². The Kier molecular flexibility index (Phi) is 4.34. The molecule has 21 heavy (non-hydrogen) atoms. The summed E-state index contributed by atoms with van der Waals surface area (Å²) < 4.78 is 0. The molecule has 1 aliphatic heterocycles. The predicted molar refractivity (Wildman–Crippen MR) is 90.6 cm³/mol. The Morgan fingerprint density at radius 2 is 1.86 bits per heavy atom. The number of nitrogens with zero attached hydrogens (tertiary/aromatic N) is 2. The summed E-state index contributed by atoms with van der Waals surface area (Å²) >= 11 is 0. The molecule has 1 aromatic heterocycles. The zero-order valence-electron chi connectivity index (χ0n) is 14.5. The largest absolute Gasteiger partial charge is 0.356 e. The molecule has 2 heterocycles. The van der Waals surface area contributed by atoms with Gasteiger partial charge in [-0.2, -0.15) is 0 Å². The van der Waals surface area contributed by atoms with Crippen molar-refractivity contribution in [3.63, 3.8) is 0 Å². The Balaban J connectivity index is 2.28. The summed E-state index contributed by atoms with van der Waals surface area (Å²) in [5.74, 6) is 1.84. The van der Waals surface area contributed by atoms with Gasteiger partial charge in [-0.05, 0) is 35.4 Å². The second kappa shape index (κ2) is 5.60. The lowest BCUT2D eigenvalue weighted by Gasteiger charge is -2.28. The predicted octanol–water partition coefficient (Wildman–Crippen LogP) is 3.71. The van der Waals surface area contributed by atoms with Crippen molar-refractivity contribution in [3.05, 3.63) is 23.4 Å². The fourth-order valence-electron chi connectivity index (χ4n) is 2.91. The summed E-state index contributed by atoms with van der Waals surface area (Å²) in [6, 6.07) is 4.32. The molecule has 1 unspecified atom stereocenters. The van der Waals surface area contributed by atoms with Gasteiger partial charge in [-0.25, -0.2) is 4.98 Å². The van der Waals surface area contributed by atoms with Crippen LogP contribution in [-0.2, 0) is 12.0 Å². The molecule has 3 nitrogen and oxygen atoms in total. The van der Waals surface area contributed by atoms with Crippen molar-refractivity contribution >= 4 is 5.82 Å². The summed E-state index contributed by atoms with van der Waals surface area (Å²) in [4.78, 5) is 7.36. The normalized spacial score (nSPS) is 20.1. The van der Waals surface area contributed by atoms with Gasteiger partial charge in [0.05, 0.1) is 0 Å². The summed E-state index contributed by atoms with van der Waals surface area (Å²) in [5, 5.41) is 0. The Hall–Kier alpha value is -1.09. The van der Waals surface area contributed by atoms with Gasteiger partial charge in [0.15, 0.2) is 0 Å². The molecule has 3 heteroatoms. The summed E-state index contributed by atoms with van der Waals surface area (Å²) in [6.07, 6.45) is 1.25. The van der Waals surface area contributed by atoms with E-state index >= 15 is 0 Å². The van der Waals surface area contributed by atoms with E-state index in [0.717, 1.165) is 30.5 Å². The van der Waals surface area contributed by atoms with E-state index in [1.54, 1.807) is 0 Å². The highest BCUT2D eigenvalue weighted by Crippen LogP contribution is 2.36. The molecule has 0 radical (unpaired) electrons. The van der Waals surface area contributed by atoms with Gasteiger partial charge in [0.25, 0.3) is 0 Å². The minimum absolute atomic E-state index is 0.0586. The maximum atomic E-state index is 5.88. The molecule has 0 amide bonds. The monoisotopic (exact) mass is 289 g/mol. The third kappa shape index (κ3) is 3.76. The molecule has 118 valence electrons. The number of anilines is 1. The van der Waals surface area contributed by atoms with Gasteiger partial charge in [-0.15, -0.1) is 0 Å². The van der Waals surface area contributed by atoms with Gasteiger partial charge in [0, 0.05) is 30.7 Å². The van der Waals surface area contributed by atoms with Crippen molar-refractivity contribution in [2.45, 2.75) is 59.9 Å². The third-order valence-corrected chi connectivity index (χ3v) is 4.61. The first-order chi connectivity index (χ1) is 9.61. The van der Waals surface area contributed by atoms with Crippen LogP contribution in [0.15, 0.2) is 12.1 Å². The van der Waals surface area contributed by atoms with Gasteiger partial charge in [0.1, 0.15) is 5.82 Å². The molecule has 2 rings (SSSR count). The molecule has 1 fully saturated rings. The first-order valence-corrected chi connectivity index (χ1v) is 8.07. The van der Waals surface area contributed by atoms with E-state index in [-0.39, 0.29) is 5.41 Å². The minimum atomic E-state index is 0.0586. The van der Waals surface area contributed by atoms with E-state index in [9.17, 15) is 0 Å². The van der Waals surface area contributed by atoms with Crippen LogP contribution in [0.25, 0.3) is 0 Å². The van der Waals surface area contributed by atoms with Crippen molar-refractivity contribution in [3.8, 4) is 0 Å². The van der Waals surface area contributed by atoms with Gasteiger partial charge >= 0.3 is 0 Å². The Labute approximate surface area is 129 Å². The van der Waals surface area contributed by atoms with Crippen LogP contribution in [0.3, 0.4) is 0 Å². The number of hydrogen-bond acceptors (Lipinski definition) is 3. The fraction of sp³-hybridized carbons (Fsp3) is 0.722. The van der Waals surface area contributed by atoms with Crippen LogP contribution in [0.1, 0.15) is 59.2 Å². The maximum absolute atomic E-state index is 5.88. The zero-order chi connectivity index (χ0) is 15.8. The van der Waals surface area contributed by atoms with Crippen LogP contribution in [0.4, 0.5) is 5.82 Å². The number of nitrogens with two attached hydrogens (primary N) is 1. The second-order valence-electron chi connectivity index (χ2n) is 8.47. The van der Waals surface area contributed by atoms with Crippen LogP contribution < -0.4 is 10.6 Å². The quantitative estimate of drug-likeness (QED) is 0.902. The first kappa shape index (κ1) is 16.3. The third-order valence-electron chi connectivity index (χ3n) is 4.61. The summed E-state index contributed by atoms with van der Waals surface area (Å²) in [6.45, 7) is 16.4. The van der Waals surface area contributed by atoms with E-state index in [0.29, 0.717) is 12.0 Å². The molecule has 1 aliphatic rings. The van der Waals surface area contributed by atoms with Crippen LogP contribution in [0, 0.1) is 11.3 Å². The average molecular weight is 289 g/mol. The van der Waals surface area contributed by atoms with Crippen LogP contribution in [-0.4, -0.2) is 18.1 Å². The summed E-state index contributed by atoms with van der Waals surface area (Å²) in [7, 11) is 0. The number of rotatable bonds is 2. The standard InChI is InChI=1S/C18H31N3/c1-17(2,3)14-7-8-21(12-14)16-10-13(11-19)9-15(20-16)18(4,5)6/h9-10,14H,7-8,11-12,19H2,1-6H3. The number of hydrogen-bond donors (Lipinski definition) is 1. The average Bonchev–Trinajstić information content (AvgIpc) is 2.86. The SMILES string of the molecule is CC(C)(C)c1cc(CN)cc(N2CCC(C(C)(C)C)C2)n1. The van der Waals surface area contributed by atoms with Crippen LogP contribution >= 0.6 is 0 Å². The molecule has 0 spiro atoms. The lowest BCUT2D eigenvalue weighted by atomic mass is 9.80. The fourth-order valence-corrected chi connectivity index (χ4v) is 2.91. The lowest BCUT2D eigenvalue weighted by Crippen LogP contribution is -2.27. The summed E-state index contributed by atoms with van der Waals surface area (Å²) in [5.41, 5.74) is 8.63. The topological polar surface area (TPSA) is 42.1 Å². The smallest absolute Gasteiger partial charge is 0.129 e. The van der Waals surface area contributed by atoms with E-state index in [2.05, 4.69) is 58.6 Å². The first-order valence-electron chi connectivity index (χ1n) is 8.07. The highest BCUT2D eigenvalue weighted by atomic mass is 15.2. The van der Waals surface area contributed by atoms with Crippen molar-refractivity contribution in [1.82, 2.24) is 4.98 Å². The Bertz CT molecular complexity index is 494. The van der Waals surface area contributed by atoms with Crippen LogP contribution in [0.5, 0.6) is 0 Å². The molecule has 1 atom stereocenters. The van der Waals surface area contributed by atoms with Crippen molar-refractivity contribution in [2.24, 2.45) is 17.1 Å². The molecule has 0 bridgehead atoms. The molecule has 1 saturated heterocycles. The number of aromatic nitrogens is 1. The van der Waals surface area contributed by atoms with Crippen LogP contribution in [0.2, 0.25) is 0 Å². The maximum Gasteiger partial charge on any atom is 0.129 e. The highest BCUT2D eigenvalue weighted by Gasteiger charge is 2.32. The molecule has 0 saturated carbocycles. The second-order valence-corrected chi connectivity index (χ2v) is 8.47. The van der Waals surface area contributed by atoms with E-state index in [1.165, 1.54) is 12.0 Å². The molecular formula is C18H31N3. The molecule has 0 aromatic carbocycles. The van der Waals surface area contributed by atoms with Gasteiger partial charge in [-0.3, -0.25) is 0 Å². The Morgan fingerprint density at radius 3 is 2.33 bits per heavy atom. The Morgan fingerprint density at radius 1 is 1.19 bits per heavy atom. The van der Waals surface area contributed by atoms with E-state index < -0.39 is 0 Å². The molecule has 2 N–H and O–H groups in total. The molecular weight excluding hydrogens is 258 g/mol. The zero-order valence-corrected chi connectivity index (χ0v) is 14.5. The van der Waals surface area contributed by atoms with Gasteiger partial charge < -0.3 is 10.6 Å². The highest BCUT2D eigenvalue weighted by molar-refractivity contribution is 5.45.